The van der Waals surface area contributed by atoms with Crippen molar-refractivity contribution in [1.82, 2.24) is 19.9 Å². The van der Waals surface area contributed by atoms with Gasteiger partial charge in [0.1, 0.15) is 35.2 Å². The summed E-state index contributed by atoms with van der Waals surface area (Å²) in [5.74, 6) is -9.53. The Labute approximate surface area is 230 Å². The fourth-order valence-corrected chi connectivity index (χ4v) is 6.53. The molecular formula is C25H31F4N5O4SSi. The third-order valence-electron chi connectivity index (χ3n) is 6.63. The SMILES string of the molecule is C[Si](C)(C)CCOCn1ccc2c(N3CCC(NC(=O)CS(=O)(=O)c4c(F)c(F)cc(F)c4F)CC3)ncnc21. The lowest BCUT2D eigenvalue weighted by Gasteiger charge is -2.33. The Morgan fingerprint density at radius 1 is 1.10 bits per heavy atom. The minimum atomic E-state index is -4.99. The molecule has 1 saturated heterocycles. The maximum absolute atomic E-state index is 14.0. The highest BCUT2D eigenvalue weighted by Gasteiger charge is 2.32. The minimum Gasteiger partial charge on any atom is -0.361 e. The second-order valence-corrected chi connectivity index (χ2v) is 18.5. The molecular weight excluding hydrogens is 570 g/mol. The molecule has 0 radical (unpaired) electrons. The number of hydrogen-bond acceptors (Lipinski definition) is 7. The number of piperidine rings is 1. The van der Waals surface area contributed by atoms with Crippen LogP contribution in [0.5, 0.6) is 0 Å². The van der Waals surface area contributed by atoms with Gasteiger partial charge in [0.2, 0.25) is 5.91 Å². The summed E-state index contributed by atoms with van der Waals surface area (Å²) in [5.41, 5.74) is 0.729. The van der Waals surface area contributed by atoms with Crippen LogP contribution in [0.1, 0.15) is 12.8 Å². The molecule has 218 valence electrons. The molecule has 0 unspecified atom stereocenters. The summed E-state index contributed by atoms with van der Waals surface area (Å²) in [6, 6.07) is 2.46. The van der Waals surface area contributed by atoms with Crippen LogP contribution in [0.25, 0.3) is 11.0 Å². The molecule has 0 bridgehead atoms. The van der Waals surface area contributed by atoms with Crippen LogP contribution < -0.4 is 10.2 Å². The summed E-state index contributed by atoms with van der Waals surface area (Å²) in [6.45, 7) is 8.88. The van der Waals surface area contributed by atoms with Crippen molar-refractivity contribution in [2.24, 2.45) is 0 Å². The van der Waals surface area contributed by atoms with Gasteiger partial charge in [-0.1, -0.05) is 19.6 Å². The summed E-state index contributed by atoms with van der Waals surface area (Å²) >= 11 is 0. The molecule has 3 heterocycles. The van der Waals surface area contributed by atoms with Crippen LogP contribution in [0.3, 0.4) is 0 Å². The molecule has 40 heavy (non-hydrogen) atoms. The third-order valence-corrected chi connectivity index (χ3v) is 9.95. The largest absolute Gasteiger partial charge is 0.361 e. The molecule has 0 saturated carbocycles. The number of sulfone groups is 1. The van der Waals surface area contributed by atoms with Crippen molar-refractivity contribution >= 4 is 40.7 Å². The molecule has 1 aliphatic heterocycles. The first-order valence-corrected chi connectivity index (χ1v) is 18.1. The van der Waals surface area contributed by atoms with E-state index < -0.39 is 63.8 Å². The number of carbonyl (C=O) groups is 1. The predicted molar refractivity (Wildman–Crippen MR) is 143 cm³/mol. The van der Waals surface area contributed by atoms with Gasteiger partial charge in [0, 0.05) is 46.1 Å². The number of nitrogens with zero attached hydrogens (tertiary/aromatic N) is 4. The number of amides is 1. The molecule has 9 nitrogen and oxygen atoms in total. The van der Waals surface area contributed by atoms with E-state index in [1.807, 2.05) is 21.7 Å². The van der Waals surface area contributed by atoms with Gasteiger partial charge >= 0.3 is 0 Å². The number of fused-ring (bicyclic) bond motifs is 1. The monoisotopic (exact) mass is 601 g/mol. The average Bonchev–Trinajstić information content (AvgIpc) is 3.28. The zero-order chi connectivity index (χ0) is 29.2. The smallest absolute Gasteiger partial charge is 0.235 e. The lowest BCUT2D eigenvalue weighted by molar-refractivity contribution is -0.119. The Bertz CT molecular complexity index is 1480. The van der Waals surface area contributed by atoms with Crippen LogP contribution in [0.4, 0.5) is 23.4 Å². The molecule has 0 aliphatic carbocycles. The Morgan fingerprint density at radius 2 is 1.75 bits per heavy atom. The number of carbonyl (C=O) groups excluding carboxylic acids is 1. The number of rotatable bonds is 10. The number of aromatic nitrogens is 3. The van der Waals surface area contributed by atoms with Gasteiger partial charge in [-0.15, -0.1) is 0 Å². The van der Waals surface area contributed by atoms with Gasteiger partial charge in [0.15, 0.2) is 33.1 Å². The van der Waals surface area contributed by atoms with E-state index >= 15 is 0 Å². The fourth-order valence-electron chi connectivity index (χ4n) is 4.46. The van der Waals surface area contributed by atoms with Gasteiger partial charge in [-0.3, -0.25) is 4.79 Å². The second kappa shape index (κ2) is 11.8. The highest BCUT2D eigenvalue weighted by Crippen LogP contribution is 2.27. The van der Waals surface area contributed by atoms with Gasteiger partial charge in [-0.05, 0) is 25.0 Å². The molecule has 15 heteroatoms. The first-order valence-electron chi connectivity index (χ1n) is 12.7. The third kappa shape index (κ3) is 6.81. The van der Waals surface area contributed by atoms with Crippen molar-refractivity contribution in [3.63, 3.8) is 0 Å². The number of nitrogens with one attached hydrogen (secondary N) is 1. The lowest BCUT2D eigenvalue weighted by Crippen LogP contribution is -2.46. The van der Waals surface area contributed by atoms with E-state index in [-0.39, 0.29) is 6.07 Å². The number of anilines is 1. The van der Waals surface area contributed by atoms with E-state index in [1.54, 1.807) is 0 Å². The standard InChI is InChI=1S/C25H31F4N5O4SSi/c1-40(2,3)11-10-38-15-34-9-6-17-24(30-14-31-25(17)34)33-7-4-16(5-8-33)32-20(35)13-39(36,37)23-21(28)18(26)12-19(27)22(23)29/h6,9,12,14,16H,4-5,7-8,10-11,13,15H2,1-3H3,(H,32,35). The number of benzene rings is 1. The first kappa shape index (κ1) is 29.9. The highest BCUT2D eigenvalue weighted by atomic mass is 32.2. The van der Waals surface area contributed by atoms with Crippen LogP contribution >= 0.6 is 0 Å². The lowest BCUT2D eigenvalue weighted by atomic mass is 10.0. The zero-order valence-corrected chi connectivity index (χ0v) is 24.2. The van der Waals surface area contributed by atoms with Crippen molar-refractivity contribution in [3.05, 3.63) is 47.9 Å². The summed E-state index contributed by atoms with van der Waals surface area (Å²) in [5, 5.41) is 3.38. The molecule has 3 aromatic rings. The van der Waals surface area contributed by atoms with E-state index in [0.29, 0.717) is 39.3 Å². The van der Waals surface area contributed by atoms with Gasteiger partial charge in [0.05, 0.1) is 5.39 Å². The number of halogens is 4. The molecule has 2 aromatic heterocycles. The summed E-state index contributed by atoms with van der Waals surface area (Å²) < 4.78 is 87.5. The van der Waals surface area contributed by atoms with E-state index in [0.717, 1.165) is 22.9 Å². The molecule has 1 aromatic carbocycles. The van der Waals surface area contributed by atoms with Crippen molar-refractivity contribution < 1.29 is 35.5 Å². The number of ether oxygens (including phenoxy) is 1. The van der Waals surface area contributed by atoms with Crippen LogP contribution in [-0.2, 0) is 26.1 Å². The zero-order valence-electron chi connectivity index (χ0n) is 22.4. The van der Waals surface area contributed by atoms with Crippen LogP contribution in [-0.4, -0.2) is 68.4 Å². The normalized spacial score (nSPS) is 15.1. The quantitative estimate of drug-likeness (QED) is 0.163. The molecule has 0 spiro atoms. The van der Waals surface area contributed by atoms with Crippen LogP contribution in [0.2, 0.25) is 25.7 Å². The maximum atomic E-state index is 14.0. The Hall–Kier alpha value is -3.04. The summed E-state index contributed by atoms with van der Waals surface area (Å²) in [7, 11) is -6.19. The van der Waals surface area contributed by atoms with Gasteiger partial charge < -0.3 is 19.5 Å². The van der Waals surface area contributed by atoms with Crippen molar-refractivity contribution in [1.29, 1.82) is 0 Å². The van der Waals surface area contributed by atoms with Gasteiger partial charge in [0.25, 0.3) is 0 Å². The molecule has 0 atom stereocenters. The average molecular weight is 602 g/mol. The number of hydrogen-bond donors (Lipinski definition) is 1. The van der Waals surface area contributed by atoms with E-state index in [1.165, 1.54) is 6.33 Å². The Morgan fingerprint density at radius 3 is 2.38 bits per heavy atom. The Balaban J connectivity index is 1.35. The second-order valence-electron chi connectivity index (χ2n) is 11.0. The van der Waals surface area contributed by atoms with Gasteiger partial charge in [-0.2, -0.15) is 0 Å². The minimum absolute atomic E-state index is 0.0961. The highest BCUT2D eigenvalue weighted by molar-refractivity contribution is 7.92. The van der Waals surface area contributed by atoms with Crippen LogP contribution in [0.15, 0.2) is 29.6 Å². The van der Waals surface area contributed by atoms with Crippen molar-refractivity contribution in [3.8, 4) is 0 Å². The summed E-state index contributed by atoms with van der Waals surface area (Å²) in [6.07, 6.45) is 4.24. The Kier molecular flexibility index (Phi) is 8.85. The topological polar surface area (TPSA) is 106 Å². The van der Waals surface area contributed by atoms with E-state index in [2.05, 4.69) is 34.9 Å². The first-order chi connectivity index (χ1) is 18.8. The van der Waals surface area contributed by atoms with Crippen LogP contribution in [0, 0.1) is 23.3 Å². The van der Waals surface area contributed by atoms with Crippen molar-refractivity contribution in [2.45, 2.75) is 56.2 Å². The van der Waals surface area contributed by atoms with E-state index in [9.17, 15) is 30.8 Å². The maximum Gasteiger partial charge on any atom is 0.235 e. The van der Waals surface area contributed by atoms with E-state index in [4.69, 9.17) is 4.74 Å². The molecule has 4 rings (SSSR count). The fraction of sp³-hybridized carbons (Fsp3) is 0.480. The molecule has 1 aliphatic rings. The summed E-state index contributed by atoms with van der Waals surface area (Å²) in [4.78, 5) is 21.5. The molecule has 1 amide bonds. The molecule has 1 fully saturated rings. The molecule has 1 N–H and O–H groups in total. The van der Waals surface area contributed by atoms with Crippen molar-refractivity contribution in [2.75, 3.05) is 30.3 Å². The van der Waals surface area contributed by atoms with Gasteiger partial charge in [-0.25, -0.2) is 35.9 Å². The predicted octanol–water partition coefficient (Wildman–Crippen LogP) is 3.86.